The number of hydrogen-bond donors (Lipinski definition) is 1. The van der Waals surface area contributed by atoms with Gasteiger partial charge in [0, 0.05) is 25.7 Å². The van der Waals surface area contributed by atoms with Gasteiger partial charge in [0.2, 0.25) is 0 Å². The topological polar surface area (TPSA) is 43.8 Å². The fourth-order valence-electron chi connectivity index (χ4n) is 2.37. The van der Waals surface area contributed by atoms with Crippen LogP contribution < -0.4 is 5.73 Å². The van der Waals surface area contributed by atoms with E-state index in [0.29, 0.717) is 6.04 Å². The summed E-state index contributed by atoms with van der Waals surface area (Å²) in [7, 11) is 1.95. The Balaban J connectivity index is 1.90. The molecule has 0 bridgehead atoms. The second-order valence-electron chi connectivity index (χ2n) is 4.39. The lowest BCUT2D eigenvalue weighted by Gasteiger charge is -2.17. The Hall–Kier alpha value is -0.830. The van der Waals surface area contributed by atoms with Crippen LogP contribution in [0.1, 0.15) is 31.4 Å². The van der Waals surface area contributed by atoms with Crippen molar-refractivity contribution < 1.29 is 0 Å². The summed E-state index contributed by atoms with van der Waals surface area (Å²) >= 11 is 0. The Morgan fingerprint density at radius 1 is 1.57 bits per heavy atom. The quantitative estimate of drug-likeness (QED) is 0.790. The number of hydrogen-bond acceptors (Lipinski definition) is 2. The lowest BCUT2D eigenvalue weighted by Crippen LogP contribution is -2.30. The predicted molar refractivity (Wildman–Crippen MR) is 56.8 cm³/mol. The van der Waals surface area contributed by atoms with Gasteiger partial charge in [-0.05, 0) is 24.8 Å². The van der Waals surface area contributed by atoms with Crippen LogP contribution in [0.2, 0.25) is 0 Å². The molecule has 0 amide bonds. The molecule has 0 spiro atoms. The SMILES string of the molecule is Cn1ccc(CC(N)C2CCCC2)n1. The van der Waals surface area contributed by atoms with E-state index in [1.807, 2.05) is 17.9 Å². The molecule has 3 heteroatoms. The Morgan fingerprint density at radius 3 is 2.86 bits per heavy atom. The van der Waals surface area contributed by atoms with Crippen molar-refractivity contribution in [2.24, 2.45) is 18.7 Å². The van der Waals surface area contributed by atoms with E-state index in [0.717, 1.165) is 18.0 Å². The van der Waals surface area contributed by atoms with Gasteiger partial charge < -0.3 is 5.73 Å². The van der Waals surface area contributed by atoms with Crippen LogP contribution in [-0.4, -0.2) is 15.8 Å². The van der Waals surface area contributed by atoms with E-state index in [1.165, 1.54) is 25.7 Å². The molecule has 0 aromatic carbocycles. The smallest absolute Gasteiger partial charge is 0.0640 e. The fraction of sp³-hybridized carbons (Fsp3) is 0.727. The second-order valence-corrected chi connectivity index (χ2v) is 4.39. The molecule has 1 fully saturated rings. The van der Waals surface area contributed by atoms with Gasteiger partial charge in [-0.15, -0.1) is 0 Å². The maximum absolute atomic E-state index is 6.17. The summed E-state index contributed by atoms with van der Waals surface area (Å²) in [4.78, 5) is 0. The highest BCUT2D eigenvalue weighted by Crippen LogP contribution is 2.27. The first kappa shape index (κ1) is 9.71. The van der Waals surface area contributed by atoms with Crippen molar-refractivity contribution in [2.75, 3.05) is 0 Å². The molecule has 0 saturated heterocycles. The minimum Gasteiger partial charge on any atom is -0.327 e. The van der Waals surface area contributed by atoms with E-state index in [2.05, 4.69) is 11.2 Å². The molecule has 1 atom stereocenters. The maximum Gasteiger partial charge on any atom is 0.0640 e. The van der Waals surface area contributed by atoms with Crippen LogP contribution in [-0.2, 0) is 13.5 Å². The van der Waals surface area contributed by atoms with E-state index in [-0.39, 0.29) is 0 Å². The zero-order valence-electron chi connectivity index (χ0n) is 8.82. The average molecular weight is 193 g/mol. The third kappa shape index (κ3) is 2.15. The van der Waals surface area contributed by atoms with Crippen molar-refractivity contribution in [3.05, 3.63) is 18.0 Å². The highest BCUT2D eigenvalue weighted by atomic mass is 15.2. The zero-order chi connectivity index (χ0) is 9.97. The minimum atomic E-state index is 0.312. The van der Waals surface area contributed by atoms with Crippen molar-refractivity contribution in [2.45, 2.75) is 38.1 Å². The van der Waals surface area contributed by atoms with E-state index in [9.17, 15) is 0 Å². The van der Waals surface area contributed by atoms with Gasteiger partial charge in [-0.2, -0.15) is 5.10 Å². The summed E-state index contributed by atoms with van der Waals surface area (Å²) < 4.78 is 1.84. The van der Waals surface area contributed by atoms with Gasteiger partial charge in [-0.3, -0.25) is 4.68 Å². The molecule has 1 saturated carbocycles. The lowest BCUT2D eigenvalue weighted by molar-refractivity contribution is 0.425. The van der Waals surface area contributed by atoms with Gasteiger partial charge in [0.1, 0.15) is 0 Å². The zero-order valence-corrected chi connectivity index (χ0v) is 8.82. The van der Waals surface area contributed by atoms with Gasteiger partial charge in [-0.25, -0.2) is 0 Å². The van der Waals surface area contributed by atoms with Gasteiger partial charge in [0.15, 0.2) is 0 Å². The third-order valence-corrected chi connectivity index (χ3v) is 3.22. The number of aryl methyl sites for hydroxylation is 1. The fourth-order valence-corrected chi connectivity index (χ4v) is 2.37. The van der Waals surface area contributed by atoms with Crippen LogP contribution in [0, 0.1) is 5.92 Å². The Bertz CT molecular complexity index is 286. The molecule has 2 rings (SSSR count). The average Bonchev–Trinajstić information content (AvgIpc) is 2.75. The number of nitrogens with two attached hydrogens (primary N) is 1. The van der Waals surface area contributed by atoms with Gasteiger partial charge in [-0.1, -0.05) is 12.8 Å². The van der Waals surface area contributed by atoms with Gasteiger partial charge in [0.25, 0.3) is 0 Å². The van der Waals surface area contributed by atoms with Crippen molar-refractivity contribution in [1.82, 2.24) is 9.78 Å². The highest BCUT2D eigenvalue weighted by molar-refractivity contribution is 5.02. The Labute approximate surface area is 85.3 Å². The molecule has 1 aromatic heterocycles. The second kappa shape index (κ2) is 4.13. The monoisotopic (exact) mass is 193 g/mol. The number of aromatic nitrogens is 2. The van der Waals surface area contributed by atoms with Crippen molar-refractivity contribution >= 4 is 0 Å². The molecule has 3 nitrogen and oxygen atoms in total. The largest absolute Gasteiger partial charge is 0.327 e. The first-order valence-corrected chi connectivity index (χ1v) is 5.50. The number of nitrogens with zero attached hydrogens (tertiary/aromatic N) is 2. The van der Waals surface area contributed by atoms with E-state index < -0.39 is 0 Å². The van der Waals surface area contributed by atoms with Gasteiger partial charge in [0.05, 0.1) is 5.69 Å². The summed E-state index contributed by atoms with van der Waals surface area (Å²) in [5.41, 5.74) is 7.30. The standard InChI is InChI=1S/C11H19N3/c1-14-7-6-10(13-14)8-11(12)9-4-2-3-5-9/h6-7,9,11H,2-5,8,12H2,1H3. The van der Waals surface area contributed by atoms with Crippen LogP contribution in [0.15, 0.2) is 12.3 Å². The normalized spacial score (nSPS) is 20.1. The Morgan fingerprint density at radius 2 is 2.29 bits per heavy atom. The highest BCUT2D eigenvalue weighted by Gasteiger charge is 2.22. The molecule has 1 aliphatic rings. The molecule has 14 heavy (non-hydrogen) atoms. The molecule has 1 heterocycles. The van der Waals surface area contributed by atoms with E-state index >= 15 is 0 Å². The maximum atomic E-state index is 6.17. The van der Waals surface area contributed by atoms with Crippen molar-refractivity contribution in [3.8, 4) is 0 Å². The molecule has 1 aromatic rings. The predicted octanol–water partition coefficient (Wildman–Crippen LogP) is 1.48. The van der Waals surface area contributed by atoms with Crippen LogP contribution >= 0.6 is 0 Å². The molecular formula is C11H19N3. The summed E-state index contributed by atoms with van der Waals surface area (Å²) in [6.45, 7) is 0. The molecular weight excluding hydrogens is 174 g/mol. The summed E-state index contributed by atoms with van der Waals surface area (Å²) in [6.07, 6.45) is 8.27. The summed E-state index contributed by atoms with van der Waals surface area (Å²) in [5.74, 6) is 0.733. The van der Waals surface area contributed by atoms with E-state index in [1.54, 1.807) is 0 Å². The van der Waals surface area contributed by atoms with Crippen LogP contribution in [0.3, 0.4) is 0 Å². The molecule has 2 N–H and O–H groups in total. The molecule has 0 aliphatic heterocycles. The summed E-state index contributed by atoms with van der Waals surface area (Å²) in [5, 5.41) is 4.36. The first-order valence-electron chi connectivity index (χ1n) is 5.50. The molecule has 0 radical (unpaired) electrons. The minimum absolute atomic E-state index is 0.312. The Kier molecular flexibility index (Phi) is 2.87. The first-order chi connectivity index (χ1) is 6.75. The van der Waals surface area contributed by atoms with Crippen LogP contribution in [0.25, 0.3) is 0 Å². The van der Waals surface area contributed by atoms with E-state index in [4.69, 9.17) is 5.73 Å². The van der Waals surface area contributed by atoms with Crippen molar-refractivity contribution in [1.29, 1.82) is 0 Å². The molecule has 78 valence electrons. The van der Waals surface area contributed by atoms with Crippen LogP contribution in [0.4, 0.5) is 0 Å². The lowest BCUT2D eigenvalue weighted by atomic mass is 9.95. The molecule has 1 unspecified atom stereocenters. The van der Waals surface area contributed by atoms with Crippen LogP contribution in [0.5, 0.6) is 0 Å². The summed E-state index contributed by atoms with van der Waals surface area (Å²) in [6, 6.07) is 2.38. The van der Waals surface area contributed by atoms with Gasteiger partial charge >= 0.3 is 0 Å². The van der Waals surface area contributed by atoms with Crippen molar-refractivity contribution in [3.63, 3.8) is 0 Å². The third-order valence-electron chi connectivity index (χ3n) is 3.22. The molecule has 1 aliphatic carbocycles. The number of rotatable bonds is 3.